The maximum atomic E-state index is 13.1. The zero-order chi connectivity index (χ0) is 20.4. The summed E-state index contributed by atoms with van der Waals surface area (Å²) >= 11 is 11.6. The van der Waals surface area contributed by atoms with Crippen LogP contribution in [-0.2, 0) is 21.0 Å². The van der Waals surface area contributed by atoms with Gasteiger partial charge in [-0.25, -0.2) is 8.42 Å². The summed E-state index contributed by atoms with van der Waals surface area (Å²) in [6, 6.07) is 8.71. The maximum absolute atomic E-state index is 13.1. The Bertz CT molecular complexity index is 966. The second-order valence-electron chi connectivity index (χ2n) is 5.46. The molecule has 1 N–H and O–H groups in total. The molecule has 2 aromatic carbocycles. The van der Waals surface area contributed by atoms with E-state index in [9.17, 15) is 26.4 Å². The lowest BCUT2D eigenvalue weighted by Gasteiger charge is -2.23. The van der Waals surface area contributed by atoms with Crippen molar-refractivity contribution < 1.29 is 26.4 Å². The highest BCUT2D eigenvalue weighted by Gasteiger charge is 2.34. The number of carbonyl (C=O) groups is 1. The van der Waals surface area contributed by atoms with Gasteiger partial charge in [-0.3, -0.25) is 9.10 Å². The van der Waals surface area contributed by atoms with Crippen molar-refractivity contribution in [3.05, 3.63) is 58.1 Å². The first-order chi connectivity index (χ1) is 12.4. The van der Waals surface area contributed by atoms with Crippen LogP contribution in [0.2, 0.25) is 10.0 Å². The van der Waals surface area contributed by atoms with Gasteiger partial charge in [0, 0.05) is 5.02 Å². The molecule has 2 aromatic rings. The Kier molecular flexibility index (Phi) is 6.28. The van der Waals surface area contributed by atoms with E-state index in [2.05, 4.69) is 5.32 Å². The lowest BCUT2D eigenvalue weighted by Crippen LogP contribution is -2.37. The van der Waals surface area contributed by atoms with Crippen LogP contribution in [0.5, 0.6) is 0 Å². The highest BCUT2D eigenvalue weighted by Crippen LogP contribution is 2.36. The van der Waals surface area contributed by atoms with E-state index in [0.717, 1.165) is 12.3 Å². The molecule has 0 saturated carbocycles. The van der Waals surface area contributed by atoms with E-state index in [1.54, 1.807) is 6.07 Å². The van der Waals surface area contributed by atoms with Gasteiger partial charge in [-0.2, -0.15) is 13.2 Å². The standard InChI is InChI=1S/C16H13Cl2F3N2O3S/c1-27(25,26)23(14-5-3-2-4-12(14)18)9-15(24)22-13-7-6-10(17)8-11(13)16(19,20)21/h2-8H,9H2,1H3,(H,22,24). The Morgan fingerprint density at radius 1 is 1.15 bits per heavy atom. The van der Waals surface area contributed by atoms with E-state index in [0.29, 0.717) is 10.4 Å². The lowest BCUT2D eigenvalue weighted by molar-refractivity contribution is -0.137. The molecule has 0 aliphatic heterocycles. The third-order valence-corrected chi connectivity index (χ3v) is 5.05. The van der Waals surface area contributed by atoms with E-state index in [-0.39, 0.29) is 15.7 Å². The number of nitrogens with zero attached hydrogens (tertiary/aromatic N) is 1. The number of sulfonamides is 1. The third kappa shape index (κ3) is 5.50. The van der Waals surface area contributed by atoms with Crippen LogP contribution in [0, 0.1) is 0 Å². The molecule has 5 nitrogen and oxygen atoms in total. The third-order valence-electron chi connectivity index (χ3n) is 3.37. The van der Waals surface area contributed by atoms with Crippen LogP contribution < -0.4 is 9.62 Å². The number of halogens is 5. The number of anilines is 2. The minimum Gasteiger partial charge on any atom is -0.324 e. The molecule has 0 radical (unpaired) electrons. The molecule has 0 saturated heterocycles. The summed E-state index contributed by atoms with van der Waals surface area (Å²) < 4.78 is 64.1. The number of nitrogens with one attached hydrogen (secondary N) is 1. The van der Waals surface area contributed by atoms with Crippen molar-refractivity contribution in [1.82, 2.24) is 0 Å². The Labute approximate surface area is 163 Å². The number of amides is 1. The number of rotatable bonds is 5. The normalized spacial score (nSPS) is 11.9. The first-order valence-electron chi connectivity index (χ1n) is 7.28. The van der Waals surface area contributed by atoms with Crippen molar-refractivity contribution in [3.8, 4) is 0 Å². The maximum Gasteiger partial charge on any atom is 0.418 e. The van der Waals surface area contributed by atoms with Gasteiger partial charge >= 0.3 is 6.18 Å². The van der Waals surface area contributed by atoms with Gasteiger partial charge in [-0.05, 0) is 30.3 Å². The molecule has 2 rings (SSSR count). The molecule has 11 heteroatoms. The number of alkyl halides is 3. The smallest absolute Gasteiger partial charge is 0.324 e. The number of hydrogen-bond acceptors (Lipinski definition) is 3. The van der Waals surface area contributed by atoms with Crippen LogP contribution in [0.25, 0.3) is 0 Å². The molecule has 0 unspecified atom stereocenters. The van der Waals surface area contributed by atoms with Crippen LogP contribution in [0.15, 0.2) is 42.5 Å². The Morgan fingerprint density at radius 2 is 1.78 bits per heavy atom. The van der Waals surface area contributed by atoms with Crippen LogP contribution in [0.1, 0.15) is 5.56 Å². The SMILES string of the molecule is CS(=O)(=O)N(CC(=O)Nc1ccc(Cl)cc1C(F)(F)F)c1ccccc1Cl. The number of benzene rings is 2. The minimum absolute atomic E-state index is 0.0315. The molecule has 27 heavy (non-hydrogen) atoms. The molecule has 0 atom stereocenters. The predicted molar refractivity (Wildman–Crippen MR) is 98.7 cm³/mol. The van der Waals surface area contributed by atoms with Crippen LogP contribution >= 0.6 is 23.2 Å². The zero-order valence-electron chi connectivity index (χ0n) is 13.7. The molecular formula is C16H13Cl2F3N2O3S. The van der Waals surface area contributed by atoms with Crippen molar-refractivity contribution >= 4 is 50.5 Å². The number of para-hydroxylation sites is 1. The summed E-state index contributed by atoms with van der Waals surface area (Å²) in [5.41, 5.74) is -1.65. The van der Waals surface area contributed by atoms with E-state index in [1.165, 1.54) is 24.3 Å². The molecule has 1 amide bonds. The molecule has 0 bridgehead atoms. The fourth-order valence-electron chi connectivity index (χ4n) is 2.22. The van der Waals surface area contributed by atoms with E-state index in [1.807, 2.05) is 0 Å². The second-order valence-corrected chi connectivity index (χ2v) is 8.21. The quantitative estimate of drug-likeness (QED) is 0.748. The minimum atomic E-state index is -4.76. The monoisotopic (exact) mass is 440 g/mol. The van der Waals surface area contributed by atoms with Gasteiger partial charge in [-0.1, -0.05) is 35.3 Å². The first kappa shape index (κ1) is 21.3. The van der Waals surface area contributed by atoms with E-state index >= 15 is 0 Å². The molecule has 0 fully saturated rings. The van der Waals surface area contributed by atoms with Gasteiger partial charge in [0.15, 0.2) is 0 Å². The average Bonchev–Trinajstić information content (AvgIpc) is 2.53. The van der Waals surface area contributed by atoms with E-state index in [4.69, 9.17) is 23.2 Å². The van der Waals surface area contributed by atoms with Crippen molar-refractivity contribution in [2.24, 2.45) is 0 Å². The summed E-state index contributed by atoms with van der Waals surface area (Å²) in [5.74, 6) is -0.979. The Morgan fingerprint density at radius 3 is 2.33 bits per heavy atom. The van der Waals surface area contributed by atoms with Crippen molar-refractivity contribution in [3.63, 3.8) is 0 Å². The number of hydrogen-bond donors (Lipinski definition) is 1. The Balaban J connectivity index is 2.32. The highest BCUT2D eigenvalue weighted by atomic mass is 35.5. The predicted octanol–water partition coefficient (Wildman–Crippen LogP) is 4.42. The summed E-state index contributed by atoms with van der Waals surface area (Å²) in [6.45, 7) is -0.761. The highest BCUT2D eigenvalue weighted by molar-refractivity contribution is 7.92. The van der Waals surface area contributed by atoms with Crippen LogP contribution in [0.4, 0.5) is 24.5 Å². The molecule has 0 spiro atoms. The number of carbonyl (C=O) groups excluding carboxylic acids is 1. The first-order valence-corrected chi connectivity index (χ1v) is 9.89. The molecule has 0 aromatic heterocycles. The van der Waals surface area contributed by atoms with Gasteiger partial charge in [-0.15, -0.1) is 0 Å². The van der Waals surface area contributed by atoms with Gasteiger partial charge in [0.25, 0.3) is 0 Å². The van der Waals surface area contributed by atoms with Crippen molar-refractivity contribution in [1.29, 1.82) is 0 Å². The molecular weight excluding hydrogens is 428 g/mol. The largest absolute Gasteiger partial charge is 0.418 e. The summed E-state index contributed by atoms with van der Waals surface area (Å²) in [6.07, 6.45) is -3.90. The summed E-state index contributed by atoms with van der Waals surface area (Å²) in [5, 5.41) is 1.98. The fourth-order valence-corrected chi connectivity index (χ4v) is 3.54. The van der Waals surface area contributed by atoms with Crippen LogP contribution in [0.3, 0.4) is 0 Å². The second kappa shape index (κ2) is 7.95. The molecule has 146 valence electrons. The van der Waals surface area contributed by atoms with Gasteiger partial charge in [0.2, 0.25) is 15.9 Å². The van der Waals surface area contributed by atoms with E-state index < -0.39 is 39.9 Å². The molecule has 0 heterocycles. The van der Waals surface area contributed by atoms with Gasteiger partial charge < -0.3 is 5.32 Å². The zero-order valence-corrected chi connectivity index (χ0v) is 16.0. The Hall–Kier alpha value is -1.97. The van der Waals surface area contributed by atoms with Gasteiger partial charge in [0.1, 0.15) is 6.54 Å². The topological polar surface area (TPSA) is 66.5 Å². The van der Waals surface area contributed by atoms with Crippen molar-refractivity contribution in [2.75, 3.05) is 22.4 Å². The van der Waals surface area contributed by atoms with Crippen molar-refractivity contribution in [2.45, 2.75) is 6.18 Å². The molecule has 0 aliphatic rings. The summed E-state index contributed by atoms with van der Waals surface area (Å²) in [4.78, 5) is 12.3. The average molecular weight is 441 g/mol. The van der Waals surface area contributed by atoms with Crippen LogP contribution in [-0.4, -0.2) is 27.1 Å². The fraction of sp³-hybridized carbons (Fsp3) is 0.188. The molecule has 0 aliphatic carbocycles. The summed E-state index contributed by atoms with van der Waals surface area (Å²) in [7, 11) is -3.93. The lowest BCUT2D eigenvalue weighted by atomic mass is 10.1. The van der Waals surface area contributed by atoms with Gasteiger partial charge in [0.05, 0.1) is 28.2 Å².